The molecular formula is C48H48O8P2. The second-order valence-corrected chi connectivity index (χ2v) is 19.0. The summed E-state index contributed by atoms with van der Waals surface area (Å²) in [5, 5.41) is 6.66. The van der Waals surface area contributed by atoms with Gasteiger partial charge in [0.2, 0.25) is 0 Å². The smallest absolute Gasteiger partial charge is 0.273 e. The van der Waals surface area contributed by atoms with Gasteiger partial charge in [-0.2, -0.15) is 0 Å². The van der Waals surface area contributed by atoms with Gasteiger partial charge in [-0.25, -0.2) is 0 Å². The van der Waals surface area contributed by atoms with E-state index in [1.54, 1.807) is 28.4 Å². The molecule has 58 heavy (non-hydrogen) atoms. The molecule has 6 aromatic carbocycles. The van der Waals surface area contributed by atoms with Crippen LogP contribution in [0.3, 0.4) is 0 Å². The summed E-state index contributed by atoms with van der Waals surface area (Å²) in [7, 11) is 3.93. The molecule has 10 heteroatoms. The van der Waals surface area contributed by atoms with E-state index < -0.39 is 39.0 Å². The quantitative estimate of drug-likeness (QED) is 0.123. The second kappa shape index (κ2) is 15.8. The van der Waals surface area contributed by atoms with Crippen molar-refractivity contribution in [2.45, 2.75) is 50.8 Å². The van der Waals surface area contributed by atoms with E-state index in [-0.39, 0.29) is 0 Å². The van der Waals surface area contributed by atoms with Gasteiger partial charge in [0, 0.05) is 67.3 Å². The van der Waals surface area contributed by atoms with E-state index in [4.69, 9.17) is 37.9 Å². The molecule has 3 unspecified atom stereocenters. The molecule has 0 bridgehead atoms. The van der Waals surface area contributed by atoms with Crippen LogP contribution in [0.2, 0.25) is 0 Å². The van der Waals surface area contributed by atoms with Gasteiger partial charge in [-0.3, -0.25) is 0 Å². The minimum atomic E-state index is -1.38. The maximum absolute atomic E-state index is 7.19. The number of hydrogen-bond donors (Lipinski definition) is 0. The van der Waals surface area contributed by atoms with Gasteiger partial charge in [0.25, 0.3) is 23.1 Å². The minimum Gasteiger partial charge on any atom is -0.452 e. The van der Waals surface area contributed by atoms with Crippen LogP contribution in [0.25, 0.3) is 11.1 Å². The first-order valence-corrected chi connectivity index (χ1v) is 21.8. The van der Waals surface area contributed by atoms with Gasteiger partial charge < -0.3 is 37.9 Å². The van der Waals surface area contributed by atoms with Gasteiger partial charge >= 0.3 is 0 Å². The Balaban J connectivity index is 1.56. The van der Waals surface area contributed by atoms with Gasteiger partial charge in [-0.15, -0.1) is 0 Å². The van der Waals surface area contributed by atoms with E-state index in [1.807, 2.05) is 64.1 Å². The monoisotopic (exact) mass is 814 g/mol. The fourth-order valence-corrected chi connectivity index (χ4v) is 12.5. The van der Waals surface area contributed by atoms with Crippen molar-refractivity contribution < 1.29 is 37.9 Å². The topological polar surface area (TPSA) is 73.8 Å². The largest absolute Gasteiger partial charge is 0.452 e. The van der Waals surface area contributed by atoms with E-state index >= 15 is 0 Å². The predicted octanol–water partition coefficient (Wildman–Crippen LogP) is 7.86. The SMILES string of the molecule is COC1(C)Oc2ccc(P(c3ccccc3)c3ccccc3)c(-c3c(P(c4ccccc4)c4ccccc4)ccc4c3O[C@](C)(OC)C(C)(OC)O4)c2OC1(C)OC. The summed E-state index contributed by atoms with van der Waals surface area (Å²) in [6, 6.07) is 50.7. The van der Waals surface area contributed by atoms with E-state index in [0.717, 1.165) is 43.0 Å². The fraction of sp³-hybridized carbons (Fsp3) is 0.250. The Labute approximate surface area is 343 Å². The molecule has 0 amide bonds. The Bertz CT molecular complexity index is 2140. The number of methoxy groups -OCH3 is 4. The Morgan fingerprint density at radius 2 is 0.603 bits per heavy atom. The third-order valence-corrected chi connectivity index (χ3v) is 16.4. The van der Waals surface area contributed by atoms with Crippen molar-refractivity contribution in [1.82, 2.24) is 0 Å². The van der Waals surface area contributed by atoms with Crippen LogP contribution in [0.5, 0.6) is 23.0 Å². The summed E-state index contributed by atoms with van der Waals surface area (Å²) < 4.78 is 52.4. The molecule has 8 rings (SSSR count). The zero-order valence-electron chi connectivity index (χ0n) is 34.0. The van der Waals surface area contributed by atoms with Crippen molar-refractivity contribution in [3.05, 3.63) is 146 Å². The number of rotatable bonds is 11. The van der Waals surface area contributed by atoms with Crippen LogP contribution in [-0.4, -0.2) is 51.6 Å². The molecule has 0 radical (unpaired) electrons. The first-order valence-electron chi connectivity index (χ1n) is 19.1. The maximum atomic E-state index is 7.19. The summed E-state index contributed by atoms with van der Waals surface area (Å²) in [5.41, 5.74) is 1.57. The molecular weight excluding hydrogens is 766 g/mol. The van der Waals surface area contributed by atoms with Crippen molar-refractivity contribution in [3.63, 3.8) is 0 Å². The predicted molar refractivity (Wildman–Crippen MR) is 233 cm³/mol. The molecule has 0 aliphatic carbocycles. The van der Waals surface area contributed by atoms with Crippen molar-refractivity contribution in [1.29, 1.82) is 0 Å². The summed E-state index contributed by atoms with van der Waals surface area (Å²) in [6.45, 7) is 7.31. The van der Waals surface area contributed by atoms with Crippen LogP contribution in [-0.2, 0) is 18.9 Å². The van der Waals surface area contributed by atoms with Crippen LogP contribution in [0, 0.1) is 0 Å². The van der Waals surface area contributed by atoms with E-state index in [9.17, 15) is 0 Å². The van der Waals surface area contributed by atoms with Crippen molar-refractivity contribution in [3.8, 4) is 34.1 Å². The molecule has 4 atom stereocenters. The third-order valence-electron chi connectivity index (χ3n) is 11.4. The molecule has 0 spiro atoms. The summed E-state index contributed by atoms with van der Waals surface area (Å²) in [6.07, 6.45) is 0. The number of benzene rings is 6. The average Bonchev–Trinajstić information content (AvgIpc) is 3.26. The zero-order chi connectivity index (χ0) is 40.7. The lowest BCUT2D eigenvalue weighted by molar-refractivity contribution is -0.345. The van der Waals surface area contributed by atoms with Crippen molar-refractivity contribution >= 4 is 47.7 Å². The van der Waals surface area contributed by atoms with Crippen molar-refractivity contribution in [2.24, 2.45) is 0 Å². The molecule has 6 aromatic rings. The highest BCUT2D eigenvalue weighted by molar-refractivity contribution is 7.80. The zero-order valence-corrected chi connectivity index (χ0v) is 35.8. The van der Waals surface area contributed by atoms with Gasteiger partial charge in [-0.05, 0) is 71.9 Å². The molecule has 0 saturated carbocycles. The molecule has 2 aliphatic heterocycles. The average molecular weight is 815 g/mol. The normalized spacial score (nSPS) is 23.6. The molecule has 2 aliphatic rings. The van der Waals surface area contributed by atoms with Crippen LogP contribution in [0.1, 0.15) is 27.7 Å². The van der Waals surface area contributed by atoms with Gasteiger partial charge in [0.05, 0.1) is 0 Å². The van der Waals surface area contributed by atoms with Crippen molar-refractivity contribution in [2.75, 3.05) is 28.4 Å². The lowest BCUT2D eigenvalue weighted by Crippen LogP contribution is -2.62. The number of ether oxygens (including phenoxy) is 8. The number of hydrogen-bond acceptors (Lipinski definition) is 8. The Morgan fingerprint density at radius 1 is 0.345 bits per heavy atom. The summed E-state index contributed by atoms with van der Waals surface area (Å²) in [5.74, 6) is -3.39. The highest BCUT2D eigenvalue weighted by Gasteiger charge is 2.58. The molecule has 298 valence electrons. The van der Waals surface area contributed by atoms with Crippen LogP contribution >= 0.6 is 15.8 Å². The van der Waals surface area contributed by atoms with Gasteiger partial charge in [0.15, 0.2) is 23.0 Å². The Morgan fingerprint density at radius 3 is 0.862 bits per heavy atom. The highest BCUT2D eigenvalue weighted by atomic mass is 31.1. The number of fused-ring (bicyclic) bond motifs is 2. The Kier molecular flexibility index (Phi) is 10.9. The van der Waals surface area contributed by atoms with E-state index in [0.29, 0.717) is 23.0 Å². The lowest BCUT2D eigenvalue weighted by atomic mass is 9.98. The summed E-state index contributed by atoms with van der Waals surface area (Å²) in [4.78, 5) is 0. The highest BCUT2D eigenvalue weighted by Crippen LogP contribution is 2.57. The second-order valence-electron chi connectivity index (χ2n) is 14.6. The first kappa shape index (κ1) is 40.0. The summed E-state index contributed by atoms with van der Waals surface area (Å²) >= 11 is 0. The molecule has 0 fully saturated rings. The van der Waals surface area contributed by atoms with Crippen LogP contribution in [0.15, 0.2) is 146 Å². The standard InChI is InChI=1S/C48H48O8P2/c1-45(49-5)47(3,51-7)55-43-37(53-45)29-31-39(57(33-21-13-9-14-22-33)34-23-15-10-16-24-34)41(43)42-40(58(35-25-17-11-18-26-35)36-27-19-12-20-28-36)32-30-38-44(42)56-48(4,52-8)46(2,50-6)54-38/h9-32H,1-8H3/t45?,46?,47-,48?/m0/s1. The maximum Gasteiger partial charge on any atom is 0.273 e. The third kappa shape index (κ3) is 6.66. The molecule has 0 N–H and O–H groups in total. The molecule has 2 heterocycles. The molecule has 0 saturated heterocycles. The Hall–Kier alpha value is -4.78. The minimum absolute atomic E-state index is 0.490. The molecule has 8 nitrogen and oxygen atoms in total. The van der Waals surface area contributed by atoms with Crippen LogP contribution in [0.4, 0.5) is 0 Å². The van der Waals surface area contributed by atoms with Crippen LogP contribution < -0.4 is 50.8 Å². The van der Waals surface area contributed by atoms with E-state index in [1.165, 1.54) is 0 Å². The van der Waals surface area contributed by atoms with Gasteiger partial charge in [0.1, 0.15) is 0 Å². The first-order chi connectivity index (χ1) is 28.0. The lowest BCUT2D eigenvalue weighted by Gasteiger charge is -2.48. The fourth-order valence-electron chi connectivity index (χ4n) is 7.58. The molecule has 0 aromatic heterocycles. The van der Waals surface area contributed by atoms with E-state index in [2.05, 4.69) is 109 Å². The van der Waals surface area contributed by atoms with Gasteiger partial charge in [-0.1, -0.05) is 121 Å².